The second-order valence-electron chi connectivity index (χ2n) is 4.76. The minimum absolute atomic E-state index is 0.824. The lowest BCUT2D eigenvalue weighted by atomic mass is 10.1. The molecule has 0 heterocycles. The standard InChI is InChI=1S/C16H27NS/c17-13-15-18-14-9-4-2-1-3-6-10-16-11-7-5-8-12-16/h5,7-8,11-12H,1-4,6,9-10,13-15,17H2. The van der Waals surface area contributed by atoms with Gasteiger partial charge < -0.3 is 5.73 Å². The first-order valence-corrected chi connectivity index (χ1v) is 8.40. The Hall–Kier alpha value is -0.470. The molecule has 1 aromatic rings. The summed E-state index contributed by atoms with van der Waals surface area (Å²) in [4.78, 5) is 0. The van der Waals surface area contributed by atoms with Gasteiger partial charge in [-0.2, -0.15) is 11.8 Å². The van der Waals surface area contributed by atoms with Crippen molar-refractivity contribution < 1.29 is 0 Å². The second kappa shape index (κ2) is 11.6. The maximum Gasteiger partial charge on any atom is 0.00558 e. The van der Waals surface area contributed by atoms with E-state index in [9.17, 15) is 0 Å². The van der Waals surface area contributed by atoms with E-state index in [1.807, 2.05) is 11.8 Å². The number of thioether (sulfide) groups is 1. The van der Waals surface area contributed by atoms with Crippen LogP contribution < -0.4 is 5.73 Å². The van der Waals surface area contributed by atoms with E-state index < -0.39 is 0 Å². The van der Waals surface area contributed by atoms with Gasteiger partial charge in [0.2, 0.25) is 0 Å². The Balaban J connectivity index is 1.82. The van der Waals surface area contributed by atoms with Gasteiger partial charge in [-0.15, -0.1) is 0 Å². The van der Waals surface area contributed by atoms with Gasteiger partial charge in [0.1, 0.15) is 0 Å². The highest BCUT2D eigenvalue weighted by atomic mass is 32.2. The molecule has 1 aromatic carbocycles. The minimum Gasteiger partial charge on any atom is -0.330 e. The Morgan fingerprint density at radius 1 is 0.778 bits per heavy atom. The summed E-state index contributed by atoms with van der Waals surface area (Å²) in [5.41, 5.74) is 6.93. The summed E-state index contributed by atoms with van der Waals surface area (Å²) in [5.74, 6) is 2.41. The van der Waals surface area contributed by atoms with Crippen LogP contribution >= 0.6 is 11.8 Å². The molecule has 0 fully saturated rings. The summed E-state index contributed by atoms with van der Waals surface area (Å²) in [5, 5.41) is 0. The van der Waals surface area contributed by atoms with Crippen molar-refractivity contribution in [2.75, 3.05) is 18.1 Å². The molecule has 0 radical (unpaired) electrons. The summed E-state index contributed by atoms with van der Waals surface area (Å²) in [6, 6.07) is 10.8. The number of unbranched alkanes of at least 4 members (excludes halogenated alkanes) is 5. The Morgan fingerprint density at radius 3 is 2.17 bits per heavy atom. The molecule has 0 amide bonds. The van der Waals surface area contributed by atoms with Crippen LogP contribution in [0.3, 0.4) is 0 Å². The zero-order valence-corrected chi connectivity index (χ0v) is 12.3. The molecule has 1 rings (SSSR count). The van der Waals surface area contributed by atoms with E-state index in [0.29, 0.717) is 0 Å². The maximum absolute atomic E-state index is 5.45. The quantitative estimate of drug-likeness (QED) is 0.605. The van der Waals surface area contributed by atoms with Gasteiger partial charge in [0.25, 0.3) is 0 Å². The minimum atomic E-state index is 0.824. The molecular weight excluding hydrogens is 238 g/mol. The fourth-order valence-corrected chi connectivity index (χ4v) is 2.85. The summed E-state index contributed by atoms with van der Waals surface area (Å²) in [6.07, 6.45) is 9.52. The van der Waals surface area contributed by atoms with Crippen molar-refractivity contribution in [3.05, 3.63) is 35.9 Å². The molecular formula is C16H27NS. The number of rotatable bonds is 11. The monoisotopic (exact) mass is 265 g/mol. The summed E-state index contributed by atoms with van der Waals surface area (Å²) in [6.45, 7) is 0.824. The number of hydrogen-bond acceptors (Lipinski definition) is 2. The molecule has 0 bridgehead atoms. The van der Waals surface area contributed by atoms with Gasteiger partial charge in [-0.3, -0.25) is 0 Å². The van der Waals surface area contributed by atoms with Gasteiger partial charge in [-0.05, 0) is 30.6 Å². The summed E-state index contributed by atoms with van der Waals surface area (Å²) >= 11 is 1.99. The molecule has 2 heteroatoms. The number of hydrogen-bond donors (Lipinski definition) is 1. The van der Waals surface area contributed by atoms with E-state index in [0.717, 1.165) is 12.3 Å². The van der Waals surface area contributed by atoms with E-state index in [2.05, 4.69) is 30.3 Å². The SMILES string of the molecule is NCCSCCCCCCCCc1ccccc1. The van der Waals surface area contributed by atoms with Crippen LogP contribution in [0.15, 0.2) is 30.3 Å². The topological polar surface area (TPSA) is 26.0 Å². The molecule has 18 heavy (non-hydrogen) atoms. The molecule has 0 aliphatic heterocycles. The predicted octanol–water partition coefficient (Wildman–Crippen LogP) is 4.26. The Bertz CT molecular complexity index is 274. The molecule has 0 aliphatic rings. The van der Waals surface area contributed by atoms with Crippen LogP contribution in [-0.4, -0.2) is 18.1 Å². The average molecular weight is 265 g/mol. The number of aryl methyl sites for hydroxylation is 1. The number of benzene rings is 1. The van der Waals surface area contributed by atoms with Crippen molar-refractivity contribution in [2.45, 2.75) is 44.9 Å². The van der Waals surface area contributed by atoms with E-state index >= 15 is 0 Å². The molecule has 0 aliphatic carbocycles. The smallest absolute Gasteiger partial charge is 0.00558 e. The summed E-state index contributed by atoms with van der Waals surface area (Å²) in [7, 11) is 0. The van der Waals surface area contributed by atoms with Crippen molar-refractivity contribution in [2.24, 2.45) is 5.73 Å². The van der Waals surface area contributed by atoms with Crippen molar-refractivity contribution in [3.8, 4) is 0 Å². The molecule has 0 atom stereocenters. The van der Waals surface area contributed by atoms with Crippen molar-refractivity contribution in [1.29, 1.82) is 0 Å². The first-order chi connectivity index (χ1) is 8.93. The van der Waals surface area contributed by atoms with Crippen LogP contribution in [-0.2, 0) is 6.42 Å². The third-order valence-electron chi connectivity index (χ3n) is 3.11. The largest absolute Gasteiger partial charge is 0.330 e. The lowest BCUT2D eigenvalue weighted by Crippen LogP contribution is -2.01. The molecule has 1 nitrogen and oxygen atoms in total. The third-order valence-corrected chi connectivity index (χ3v) is 4.21. The highest BCUT2D eigenvalue weighted by Crippen LogP contribution is 2.11. The zero-order valence-electron chi connectivity index (χ0n) is 11.4. The van der Waals surface area contributed by atoms with Crippen LogP contribution in [0.2, 0.25) is 0 Å². The van der Waals surface area contributed by atoms with Crippen LogP contribution in [0.25, 0.3) is 0 Å². The normalized spacial score (nSPS) is 10.7. The number of nitrogens with two attached hydrogens (primary N) is 1. The maximum atomic E-state index is 5.45. The van der Waals surface area contributed by atoms with Crippen molar-refractivity contribution >= 4 is 11.8 Å². The van der Waals surface area contributed by atoms with Gasteiger partial charge in [0.05, 0.1) is 0 Å². The zero-order chi connectivity index (χ0) is 12.9. The Morgan fingerprint density at radius 2 is 1.44 bits per heavy atom. The average Bonchev–Trinajstić information content (AvgIpc) is 2.42. The molecule has 0 unspecified atom stereocenters. The van der Waals surface area contributed by atoms with E-state index in [-0.39, 0.29) is 0 Å². The highest BCUT2D eigenvalue weighted by molar-refractivity contribution is 7.99. The molecule has 2 N–H and O–H groups in total. The molecule has 0 saturated carbocycles. The van der Waals surface area contributed by atoms with E-state index in [1.165, 1.54) is 56.3 Å². The van der Waals surface area contributed by atoms with E-state index in [1.54, 1.807) is 0 Å². The van der Waals surface area contributed by atoms with Gasteiger partial charge >= 0.3 is 0 Å². The highest BCUT2D eigenvalue weighted by Gasteiger charge is 1.94. The predicted molar refractivity (Wildman–Crippen MR) is 84.2 cm³/mol. The fourth-order valence-electron chi connectivity index (χ4n) is 2.07. The Labute approximate surface area is 117 Å². The third kappa shape index (κ3) is 8.60. The molecule has 0 spiro atoms. The molecule has 102 valence electrons. The van der Waals surface area contributed by atoms with Crippen molar-refractivity contribution in [1.82, 2.24) is 0 Å². The van der Waals surface area contributed by atoms with Gasteiger partial charge in [-0.25, -0.2) is 0 Å². The lowest BCUT2D eigenvalue weighted by Gasteiger charge is -2.03. The van der Waals surface area contributed by atoms with Crippen molar-refractivity contribution in [3.63, 3.8) is 0 Å². The van der Waals surface area contributed by atoms with Gasteiger partial charge in [0, 0.05) is 12.3 Å². The summed E-state index contributed by atoms with van der Waals surface area (Å²) < 4.78 is 0. The first-order valence-electron chi connectivity index (χ1n) is 7.25. The molecule has 0 aromatic heterocycles. The Kier molecular flexibility index (Phi) is 10.1. The van der Waals surface area contributed by atoms with Crippen LogP contribution in [0.5, 0.6) is 0 Å². The van der Waals surface area contributed by atoms with Crippen LogP contribution in [0.1, 0.15) is 44.1 Å². The van der Waals surface area contributed by atoms with Gasteiger partial charge in [-0.1, -0.05) is 56.0 Å². The lowest BCUT2D eigenvalue weighted by molar-refractivity contribution is 0.609. The fraction of sp³-hybridized carbons (Fsp3) is 0.625. The van der Waals surface area contributed by atoms with Crippen LogP contribution in [0, 0.1) is 0 Å². The first kappa shape index (κ1) is 15.6. The van der Waals surface area contributed by atoms with E-state index in [4.69, 9.17) is 5.73 Å². The second-order valence-corrected chi connectivity index (χ2v) is 5.98. The van der Waals surface area contributed by atoms with Crippen LogP contribution in [0.4, 0.5) is 0 Å². The van der Waals surface area contributed by atoms with Gasteiger partial charge in [0.15, 0.2) is 0 Å². The molecule has 0 saturated heterocycles.